The minimum absolute atomic E-state index is 0.287. The Balaban J connectivity index is 2.23. The van der Waals surface area contributed by atoms with E-state index in [1.807, 2.05) is 51.4 Å². The molecule has 0 saturated heterocycles. The summed E-state index contributed by atoms with van der Waals surface area (Å²) in [5.41, 5.74) is 1.76. The number of hydrogen-bond acceptors (Lipinski definition) is 5. The zero-order chi connectivity index (χ0) is 21.3. The van der Waals surface area contributed by atoms with Crippen molar-refractivity contribution >= 4 is 10.0 Å². The fourth-order valence-corrected chi connectivity index (χ4v) is 4.52. The van der Waals surface area contributed by atoms with E-state index in [0.29, 0.717) is 32.1 Å². The molecule has 6 nitrogen and oxygen atoms in total. The number of sulfonamides is 1. The van der Waals surface area contributed by atoms with Crippen LogP contribution < -0.4 is 4.74 Å². The van der Waals surface area contributed by atoms with Crippen LogP contribution in [0.15, 0.2) is 53.4 Å². The van der Waals surface area contributed by atoms with Crippen LogP contribution in [0.1, 0.15) is 17.5 Å². The van der Waals surface area contributed by atoms with Gasteiger partial charge < -0.3 is 14.4 Å². The fraction of sp³-hybridized carbons (Fsp3) is 0.455. The summed E-state index contributed by atoms with van der Waals surface area (Å²) in [7, 11) is 1.96. The summed E-state index contributed by atoms with van der Waals surface area (Å²) in [6.07, 6.45) is 0.760. The normalized spacial score (nSPS) is 11.9. The van der Waals surface area contributed by atoms with Crippen LogP contribution in [0.25, 0.3) is 0 Å². The van der Waals surface area contributed by atoms with Gasteiger partial charge in [-0.3, -0.25) is 0 Å². The van der Waals surface area contributed by atoms with Gasteiger partial charge >= 0.3 is 0 Å². The first-order chi connectivity index (χ1) is 13.8. The molecule has 2 rings (SSSR count). The van der Waals surface area contributed by atoms with Gasteiger partial charge in [-0.1, -0.05) is 30.3 Å². The molecule has 0 saturated carbocycles. The molecule has 0 N–H and O–H groups in total. The van der Waals surface area contributed by atoms with E-state index < -0.39 is 10.0 Å². The number of hydrogen-bond donors (Lipinski definition) is 0. The van der Waals surface area contributed by atoms with Crippen molar-refractivity contribution < 1.29 is 17.9 Å². The first kappa shape index (κ1) is 23.3. The van der Waals surface area contributed by atoms with Crippen molar-refractivity contribution in [3.63, 3.8) is 0 Å². The lowest BCUT2D eigenvalue weighted by Crippen LogP contribution is -2.33. The van der Waals surface area contributed by atoms with Crippen LogP contribution in [0, 0.1) is 6.92 Å². The average Bonchev–Trinajstić information content (AvgIpc) is 2.69. The van der Waals surface area contributed by atoms with Crippen molar-refractivity contribution in [1.82, 2.24) is 9.21 Å². The summed E-state index contributed by atoms with van der Waals surface area (Å²) >= 11 is 0. The molecular weight excluding hydrogens is 388 g/mol. The van der Waals surface area contributed by atoms with E-state index in [0.717, 1.165) is 24.1 Å². The highest BCUT2D eigenvalue weighted by atomic mass is 32.2. The van der Waals surface area contributed by atoms with Crippen LogP contribution in [-0.4, -0.2) is 65.1 Å². The smallest absolute Gasteiger partial charge is 0.243 e. The third-order valence-corrected chi connectivity index (χ3v) is 6.38. The van der Waals surface area contributed by atoms with E-state index in [1.54, 1.807) is 29.6 Å². The second-order valence-electron chi connectivity index (χ2n) is 7.25. The lowest BCUT2D eigenvalue weighted by molar-refractivity contribution is 0.146. The van der Waals surface area contributed by atoms with Crippen LogP contribution in [0.5, 0.6) is 5.75 Å². The van der Waals surface area contributed by atoms with Crippen molar-refractivity contribution in [2.45, 2.75) is 24.8 Å². The molecule has 0 amide bonds. The van der Waals surface area contributed by atoms with Crippen molar-refractivity contribution in [3.05, 3.63) is 59.7 Å². The molecule has 7 heteroatoms. The Kier molecular flexibility index (Phi) is 9.10. The number of aryl methyl sites for hydroxylation is 1. The summed E-state index contributed by atoms with van der Waals surface area (Å²) in [6, 6.07) is 14.7. The molecule has 0 aliphatic rings. The Morgan fingerprint density at radius 3 is 2.31 bits per heavy atom. The zero-order valence-electron chi connectivity index (χ0n) is 17.8. The van der Waals surface area contributed by atoms with Crippen molar-refractivity contribution in [2.75, 3.05) is 47.5 Å². The first-order valence-electron chi connectivity index (χ1n) is 9.76. The van der Waals surface area contributed by atoms with Gasteiger partial charge in [-0.25, -0.2) is 8.42 Å². The van der Waals surface area contributed by atoms with E-state index in [9.17, 15) is 8.42 Å². The Hall–Kier alpha value is -1.93. The molecule has 0 fully saturated rings. The molecule has 0 atom stereocenters. The van der Waals surface area contributed by atoms with Gasteiger partial charge in [0, 0.05) is 20.2 Å². The van der Waals surface area contributed by atoms with Gasteiger partial charge in [0.2, 0.25) is 10.0 Å². The molecule has 0 bridgehead atoms. The predicted molar refractivity (Wildman–Crippen MR) is 116 cm³/mol. The third-order valence-electron chi connectivity index (χ3n) is 4.54. The zero-order valence-corrected chi connectivity index (χ0v) is 18.6. The van der Waals surface area contributed by atoms with E-state index in [2.05, 4.69) is 4.90 Å². The Morgan fingerprint density at radius 2 is 1.69 bits per heavy atom. The van der Waals surface area contributed by atoms with Gasteiger partial charge in [-0.2, -0.15) is 4.31 Å². The molecular formula is C22H32N2O4S. The highest BCUT2D eigenvalue weighted by molar-refractivity contribution is 7.89. The number of benzene rings is 2. The topological polar surface area (TPSA) is 59.1 Å². The molecule has 29 heavy (non-hydrogen) atoms. The van der Waals surface area contributed by atoms with E-state index in [-0.39, 0.29) is 4.90 Å². The lowest BCUT2D eigenvalue weighted by atomic mass is 10.2. The SMILES string of the molecule is COCCOc1ccc(S(=O)(=O)N(CCCN(C)C)Cc2ccccc2)cc1C. The summed E-state index contributed by atoms with van der Waals surface area (Å²) < 4.78 is 39.0. The van der Waals surface area contributed by atoms with Crippen LogP contribution in [0.4, 0.5) is 0 Å². The number of methoxy groups -OCH3 is 1. The summed E-state index contributed by atoms with van der Waals surface area (Å²) in [5, 5.41) is 0. The van der Waals surface area contributed by atoms with Gasteiger partial charge in [0.05, 0.1) is 11.5 Å². The van der Waals surface area contributed by atoms with Gasteiger partial charge in [0.15, 0.2) is 0 Å². The van der Waals surface area contributed by atoms with Crippen molar-refractivity contribution in [3.8, 4) is 5.75 Å². The predicted octanol–water partition coefficient (Wildman–Crippen LogP) is 3.16. The maximum absolute atomic E-state index is 13.4. The molecule has 0 unspecified atom stereocenters. The monoisotopic (exact) mass is 420 g/mol. The largest absolute Gasteiger partial charge is 0.491 e. The molecule has 0 aliphatic carbocycles. The third kappa shape index (κ3) is 7.12. The second kappa shape index (κ2) is 11.3. The minimum Gasteiger partial charge on any atom is -0.491 e. The molecule has 2 aromatic rings. The fourth-order valence-electron chi connectivity index (χ4n) is 2.96. The van der Waals surface area contributed by atoms with Crippen LogP contribution in [0.3, 0.4) is 0 Å². The van der Waals surface area contributed by atoms with E-state index in [4.69, 9.17) is 9.47 Å². The average molecular weight is 421 g/mol. The molecule has 0 radical (unpaired) electrons. The Labute approximate surface area is 175 Å². The van der Waals surface area contributed by atoms with Crippen LogP contribution in [-0.2, 0) is 21.3 Å². The maximum Gasteiger partial charge on any atom is 0.243 e. The second-order valence-corrected chi connectivity index (χ2v) is 9.19. The van der Waals surface area contributed by atoms with Crippen molar-refractivity contribution in [2.24, 2.45) is 0 Å². The molecule has 2 aromatic carbocycles. The first-order valence-corrected chi connectivity index (χ1v) is 11.2. The van der Waals surface area contributed by atoms with E-state index >= 15 is 0 Å². The summed E-state index contributed by atoms with van der Waals surface area (Å²) in [4.78, 5) is 2.35. The van der Waals surface area contributed by atoms with Crippen molar-refractivity contribution in [1.29, 1.82) is 0 Å². The summed E-state index contributed by atoms with van der Waals surface area (Å²) in [6.45, 7) is 4.40. The quantitative estimate of drug-likeness (QED) is 0.494. The van der Waals surface area contributed by atoms with Gasteiger partial charge in [-0.15, -0.1) is 0 Å². The standard InChI is InChI=1S/C22H32N2O4S/c1-19-17-21(11-12-22(19)28-16-15-27-4)29(25,26)24(14-8-13-23(2)3)18-20-9-6-5-7-10-20/h5-7,9-12,17H,8,13-16,18H2,1-4H3. The Morgan fingerprint density at radius 1 is 0.966 bits per heavy atom. The van der Waals surface area contributed by atoms with Gasteiger partial charge in [-0.05, 0) is 63.3 Å². The molecule has 160 valence electrons. The van der Waals surface area contributed by atoms with Gasteiger partial charge in [0.25, 0.3) is 0 Å². The molecule has 0 spiro atoms. The molecule has 0 aromatic heterocycles. The number of nitrogens with zero attached hydrogens (tertiary/aromatic N) is 2. The highest BCUT2D eigenvalue weighted by Crippen LogP contribution is 2.25. The summed E-state index contributed by atoms with van der Waals surface area (Å²) in [5.74, 6) is 0.670. The van der Waals surface area contributed by atoms with Crippen LogP contribution >= 0.6 is 0 Å². The minimum atomic E-state index is -3.63. The Bertz CT molecular complexity index is 854. The maximum atomic E-state index is 13.4. The van der Waals surface area contributed by atoms with Crippen LogP contribution in [0.2, 0.25) is 0 Å². The number of ether oxygens (including phenoxy) is 2. The van der Waals surface area contributed by atoms with Gasteiger partial charge in [0.1, 0.15) is 12.4 Å². The molecule has 0 aliphatic heterocycles. The van der Waals surface area contributed by atoms with E-state index in [1.165, 1.54) is 0 Å². The number of rotatable bonds is 12. The molecule has 0 heterocycles. The highest BCUT2D eigenvalue weighted by Gasteiger charge is 2.25. The lowest BCUT2D eigenvalue weighted by Gasteiger charge is -2.23.